The lowest BCUT2D eigenvalue weighted by Gasteiger charge is -2.17. The van der Waals surface area contributed by atoms with Crippen LogP contribution in [0.25, 0.3) is 22.3 Å². The maximum absolute atomic E-state index is 12.1. The lowest BCUT2D eigenvalue weighted by atomic mass is 9.91. The predicted molar refractivity (Wildman–Crippen MR) is 101 cm³/mol. The number of alkyl halides is 1. The van der Waals surface area contributed by atoms with Gasteiger partial charge in [-0.15, -0.1) is 0 Å². The first kappa shape index (κ1) is 16.7. The summed E-state index contributed by atoms with van der Waals surface area (Å²) in [5, 5.41) is 0.791. The molecule has 0 fully saturated rings. The minimum absolute atomic E-state index is 0.155. The van der Waals surface area contributed by atoms with E-state index in [1.54, 1.807) is 0 Å². The number of benzene rings is 2. The minimum atomic E-state index is -0.539. The van der Waals surface area contributed by atoms with Gasteiger partial charge in [0.05, 0.1) is 11.7 Å². The van der Waals surface area contributed by atoms with Gasteiger partial charge in [0.2, 0.25) is 5.43 Å². The highest BCUT2D eigenvalue weighted by Crippen LogP contribution is 2.35. The van der Waals surface area contributed by atoms with E-state index >= 15 is 0 Å². The molecule has 0 amide bonds. The molecule has 0 N–H and O–H groups in total. The van der Waals surface area contributed by atoms with Gasteiger partial charge in [-0.1, -0.05) is 64.5 Å². The van der Waals surface area contributed by atoms with Crippen LogP contribution in [0.1, 0.15) is 19.4 Å². The second kappa shape index (κ2) is 6.73. The molecule has 0 radical (unpaired) electrons. The molecule has 0 spiro atoms. The van der Waals surface area contributed by atoms with Crippen LogP contribution in [-0.4, -0.2) is 6.10 Å². The average Bonchev–Trinajstić information content (AvgIpc) is 2.61. The summed E-state index contributed by atoms with van der Waals surface area (Å²) in [5.74, 6) is 0.180. The molecule has 122 valence electrons. The Labute approximate surface area is 148 Å². The van der Waals surface area contributed by atoms with Crippen molar-refractivity contribution >= 4 is 15.9 Å². The van der Waals surface area contributed by atoms with Crippen LogP contribution >= 0.6 is 15.9 Å². The number of hydrogen-bond donors (Lipinski definition) is 0. The third kappa shape index (κ3) is 2.94. The number of hydrogen-bond acceptors (Lipinski definition) is 3. The van der Waals surface area contributed by atoms with Crippen LogP contribution < -0.4 is 15.6 Å². The van der Waals surface area contributed by atoms with Gasteiger partial charge in [-0.2, -0.15) is 0 Å². The first-order valence-corrected chi connectivity index (χ1v) is 8.89. The third-order valence-electron chi connectivity index (χ3n) is 3.84. The summed E-state index contributed by atoms with van der Waals surface area (Å²) in [4.78, 5) is 24.0. The molecule has 0 aliphatic carbocycles. The van der Waals surface area contributed by atoms with E-state index in [0.29, 0.717) is 5.56 Å². The van der Waals surface area contributed by atoms with Gasteiger partial charge in [-0.25, -0.2) is 0 Å². The highest BCUT2D eigenvalue weighted by molar-refractivity contribution is 9.08. The summed E-state index contributed by atoms with van der Waals surface area (Å²) in [5.41, 5.74) is 3.20. The topological polar surface area (TPSA) is 43.4 Å². The Morgan fingerprint density at radius 2 is 1.54 bits per heavy atom. The molecule has 3 nitrogen and oxygen atoms in total. The Kier molecular flexibility index (Phi) is 4.67. The standard InChI is InChI=1S/C20H17BrO3/c1-12(2)24-20-17(18(22)19(20)23)16-6-4-3-5-15(16)14-9-7-13(11-21)8-10-14/h3-10,12H,11H2,1-2H3. The van der Waals surface area contributed by atoms with Crippen LogP contribution in [-0.2, 0) is 5.33 Å². The first-order valence-electron chi connectivity index (χ1n) is 7.77. The quantitative estimate of drug-likeness (QED) is 0.486. The van der Waals surface area contributed by atoms with Gasteiger partial charge in [0.25, 0.3) is 5.43 Å². The van der Waals surface area contributed by atoms with Crippen LogP contribution in [0.5, 0.6) is 5.75 Å². The number of ether oxygens (including phenoxy) is 1. The van der Waals surface area contributed by atoms with Crippen LogP contribution in [0, 0.1) is 0 Å². The molecule has 0 bridgehead atoms. The summed E-state index contributed by atoms with van der Waals surface area (Å²) in [6.07, 6.45) is -0.155. The molecule has 0 atom stereocenters. The van der Waals surface area contributed by atoms with E-state index in [4.69, 9.17) is 4.74 Å². The van der Waals surface area contributed by atoms with Crippen molar-refractivity contribution in [2.75, 3.05) is 0 Å². The lowest BCUT2D eigenvalue weighted by Crippen LogP contribution is -2.35. The normalized spacial score (nSPS) is 11.2. The average molecular weight is 385 g/mol. The van der Waals surface area contributed by atoms with Crippen LogP contribution in [0.2, 0.25) is 0 Å². The predicted octanol–water partition coefficient (Wildman–Crippen LogP) is 4.30. The SMILES string of the molecule is CC(C)Oc1c(-c2ccccc2-c2ccc(CBr)cc2)c(=O)c1=O. The summed E-state index contributed by atoms with van der Waals surface area (Å²) >= 11 is 3.44. The van der Waals surface area contributed by atoms with Gasteiger partial charge < -0.3 is 4.74 Å². The van der Waals surface area contributed by atoms with Gasteiger partial charge in [0.1, 0.15) is 0 Å². The molecule has 0 saturated carbocycles. The van der Waals surface area contributed by atoms with Crippen molar-refractivity contribution in [2.24, 2.45) is 0 Å². The van der Waals surface area contributed by atoms with Crippen molar-refractivity contribution in [3.8, 4) is 28.0 Å². The zero-order valence-electron chi connectivity index (χ0n) is 13.5. The summed E-state index contributed by atoms with van der Waals surface area (Å²) in [7, 11) is 0. The molecule has 0 aliphatic rings. The van der Waals surface area contributed by atoms with Gasteiger partial charge in [0.15, 0.2) is 5.75 Å². The minimum Gasteiger partial charge on any atom is -0.486 e. The highest BCUT2D eigenvalue weighted by atomic mass is 79.9. The molecule has 3 aromatic carbocycles. The molecule has 0 unspecified atom stereocenters. The number of rotatable bonds is 5. The van der Waals surface area contributed by atoms with Gasteiger partial charge in [-0.05, 0) is 36.1 Å². The summed E-state index contributed by atoms with van der Waals surface area (Å²) in [6.45, 7) is 3.68. The fraction of sp³-hybridized carbons (Fsp3) is 0.200. The zero-order chi connectivity index (χ0) is 17.3. The molecular formula is C20H17BrO3. The largest absolute Gasteiger partial charge is 0.486 e. The van der Waals surface area contributed by atoms with E-state index in [9.17, 15) is 9.59 Å². The van der Waals surface area contributed by atoms with Crippen molar-refractivity contribution < 1.29 is 4.74 Å². The van der Waals surface area contributed by atoms with Crippen molar-refractivity contribution in [3.05, 3.63) is 74.5 Å². The zero-order valence-corrected chi connectivity index (χ0v) is 15.1. The van der Waals surface area contributed by atoms with Gasteiger partial charge in [-0.3, -0.25) is 9.59 Å². The van der Waals surface area contributed by atoms with Gasteiger partial charge >= 0.3 is 0 Å². The molecule has 4 heteroatoms. The molecule has 0 aliphatic heterocycles. The second-order valence-corrected chi connectivity index (χ2v) is 6.47. The van der Waals surface area contributed by atoms with Crippen LogP contribution in [0.3, 0.4) is 0 Å². The van der Waals surface area contributed by atoms with Crippen molar-refractivity contribution in [1.29, 1.82) is 0 Å². The maximum atomic E-state index is 12.1. The number of halogens is 1. The molecular weight excluding hydrogens is 368 g/mol. The second-order valence-electron chi connectivity index (χ2n) is 5.91. The molecule has 0 saturated heterocycles. The molecule has 3 rings (SSSR count). The maximum Gasteiger partial charge on any atom is 0.268 e. The van der Waals surface area contributed by atoms with E-state index < -0.39 is 10.9 Å². The Morgan fingerprint density at radius 3 is 2.12 bits per heavy atom. The Morgan fingerprint density at radius 1 is 0.917 bits per heavy atom. The summed E-state index contributed by atoms with van der Waals surface area (Å²) < 4.78 is 5.57. The van der Waals surface area contributed by atoms with E-state index in [0.717, 1.165) is 22.0 Å². The van der Waals surface area contributed by atoms with Crippen LogP contribution in [0.4, 0.5) is 0 Å². The molecule has 3 aromatic rings. The third-order valence-corrected chi connectivity index (χ3v) is 4.48. The highest BCUT2D eigenvalue weighted by Gasteiger charge is 2.26. The fourth-order valence-corrected chi connectivity index (χ4v) is 3.06. The molecule has 24 heavy (non-hydrogen) atoms. The van der Waals surface area contributed by atoms with Crippen molar-refractivity contribution in [2.45, 2.75) is 25.3 Å². The fourth-order valence-electron chi connectivity index (χ4n) is 2.69. The molecule has 0 heterocycles. The van der Waals surface area contributed by atoms with E-state index in [-0.39, 0.29) is 11.9 Å². The Hall–Kier alpha value is -2.20. The Bertz CT molecular complexity index is 932. The Balaban J connectivity index is 2.12. The van der Waals surface area contributed by atoms with E-state index in [1.807, 2.05) is 62.4 Å². The van der Waals surface area contributed by atoms with Crippen molar-refractivity contribution in [1.82, 2.24) is 0 Å². The lowest BCUT2D eigenvalue weighted by molar-refractivity contribution is 0.238. The smallest absolute Gasteiger partial charge is 0.268 e. The van der Waals surface area contributed by atoms with E-state index in [1.165, 1.54) is 5.56 Å². The van der Waals surface area contributed by atoms with Crippen molar-refractivity contribution in [3.63, 3.8) is 0 Å². The van der Waals surface area contributed by atoms with Gasteiger partial charge in [0, 0.05) is 5.33 Å². The first-order chi connectivity index (χ1) is 11.5. The summed E-state index contributed by atoms with van der Waals surface area (Å²) in [6, 6.07) is 15.7. The van der Waals surface area contributed by atoms with Crippen LogP contribution in [0.15, 0.2) is 58.1 Å². The molecule has 0 aromatic heterocycles. The van der Waals surface area contributed by atoms with E-state index in [2.05, 4.69) is 15.9 Å². The monoisotopic (exact) mass is 384 g/mol.